The van der Waals surface area contributed by atoms with Gasteiger partial charge in [0.15, 0.2) is 16.9 Å². The Morgan fingerprint density at radius 1 is 0.732 bits per heavy atom. The summed E-state index contributed by atoms with van der Waals surface area (Å²) in [5, 5.41) is 2.79. The average Bonchev–Trinajstić information content (AvgIpc) is 3.35. The molecule has 41 heavy (non-hydrogen) atoms. The van der Waals surface area contributed by atoms with Crippen LogP contribution in [0, 0.1) is 0 Å². The summed E-state index contributed by atoms with van der Waals surface area (Å²) in [6.07, 6.45) is 23.2. The summed E-state index contributed by atoms with van der Waals surface area (Å²) in [6.45, 7) is 2.81. The van der Waals surface area contributed by atoms with Gasteiger partial charge in [-0.05, 0) is 19.3 Å². The van der Waals surface area contributed by atoms with Crippen LogP contribution in [0.3, 0.4) is 0 Å². The number of aryl methyl sites for hydroxylation is 2. The number of carbonyl (C=O) groups excluding carboxylic acids is 2. The highest BCUT2D eigenvalue weighted by molar-refractivity contribution is 5.85. The molecule has 2 heterocycles. The Hall–Kier alpha value is -2.71. The number of ketones is 1. The molecule has 0 radical (unpaired) electrons. The maximum Gasteiger partial charge on any atom is 0.332 e. The van der Waals surface area contributed by atoms with Crippen molar-refractivity contribution in [3.05, 3.63) is 27.2 Å². The molecule has 0 fully saturated rings. The molecule has 0 aliphatic rings. The van der Waals surface area contributed by atoms with Gasteiger partial charge in [0.1, 0.15) is 0 Å². The lowest BCUT2D eigenvalue weighted by Gasteiger charge is -2.08. The minimum atomic E-state index is -0.323. The number of aromatic nitrogens is 4. The number of amides is 1. The third-order valence-electron chi connectivity index (χ3n) is 8.03. The van der Waals surface area contributed by atoms with Crippen LogP contribution in [0.25, 0.3) is 11.2 Å². The SMILES string of the molecule is CCCCCCCCCCCCCC(=O)NCC(=O)CCCCCCCCCn1c(=O)c2c(ncn2C)n(C)c1=O. The lowest BCUT2D eigenvalue weighted by molar-refractivity contribution is -0.125. The van der Waals surface area contributed by atoms with Crippen molar-refractivity contribution in [1.29, 1.82) is 0 Å². The van der Waals surface area contributed by atoms with Crippen LogP contribution >= 0.6 is 0 Å². The Balaban J connectivity index is 1.42. The van der Waals surface area contributed by atoms with E-state index in [0.717, 1.165) is 57.8 Å². The van der Waals surface area contributed by atoms with Crippen molar-refractivity contribution < 1.29 is 9.59 Å². The number of rotatable bonds is 24. The van der Waals surface area contributed by atoms with Gasteiger partial charge in [0.25, 0.3) is 5.56 Å². The molecule has 2 aromatic rings. The van der Waals surface area contributed by atoms with Crippen LogP contribution in [0.15, 0.2) is 15.9 Å². The first-order chi connectivity index (χ1) is 19.9. The van der Waals surface area contributed by atoms with Crippen molar-refractivity contribution >= 4 is 22.9 Å². The van der Waals surface area contributed by atoms with Crippen molar-refractivity contribution in [2.75, 3.05) is 6.54 Å². The van der Waals surface area contributed by atoms with Crippen LogP contribution in [0.1, 0.15) is 135 Å². The fourth-order valence-corrected chi connectivity index (χ4v) is 5.39. The van der Waals surface area contributed by atoms with Gasteiger partial charge in [0.05, 0.1) is 12.9 Å². The molecule has 232 valence electrons. The van der Waals surface area contributed by atoms with Gasteiger partial charge in [0, 0.05) is 33.5 Å². The quantitative estimate of drug-likeness (QED) is 0.156. The zero-order valence-corrected chi connectivity index (χ0v) is 26.1. The van der Waals surface area contributed by atoms with E-state index in [9.17, 15) is 19.2 Å². The highest BCUT2D eigenvalue weighted by Crippen LogP contribution is 2.12. The predicted molar refractivity (Wildman–Crippen MR) is 166 cm³/mol. The number of nitrogens with zero attached hydrogens (tertiary/aromatic N) is 4. The van der Waals surface area contributed by atoms with Gasteiger partial charge in [0.2, 0.25) is 5.91 Å². The highest BCUT2D eigenvalue weighted by Gasteiger charge is 2.14. The summed E-state index contributed by atoms with van der Waals surface area (Å²) in [4.78, 5) is 53.5. The summed E-state index contributed by atoms with van der Waals surface area (Å²) >= 11 is 0. The minimum Gasteiger partial charge on any atom is -0.349 e. The van der Waals surface area contributed by atoms with E-state index >= 15 is 0 Å². The zero-order valence-electron chi connectivity index (χ0n) is 26.1. The van der Waals surface area contributed by atoms with Crippen LogP contribution in [-0.4, -0.2) is 36.9 Å². The van der Waals surface area contributed by atoms with Gasteiger partial charge in [-0.2, -0.15) is 0 Å². The number of hydrogen-bond acceptors (Lipinski definition) is 5. The fourth-order valence-electron chi connectivity index (χ4n) is 5.39. The second-order valence-corrected chi connectivity index (χ2v) is 11.7. The monoisotopic (exact) mass is 573 g/mol. The molecule has 1 N–H and O–H groups in total. The number of imidazole rings is 1. The Labute approximate surface area is 246 Å². The second kappa shape index (κ2) is 20.2. The fraction of sp³-hybridized carbons (Fsp3) is 0.781. The normalized spacial score (nSPS) is 11.4. The van der Waals surface area contributed by atoms with Crippen LogP contribution in [-0.2, 0) is 30.2 Å². The second-order valence-electron chi connectivity index (χ2n) is 11.7. The number of nitrogens with one attached hydrogen (secondary N) is 1. The van der Waals surface area contributed by atoms with E-state index in [2.05, 4.69) is 17.2 Å². The molecule has 9 heteroatoms. The lowest BCUT2D eigenvalue weighted by atomic mass is 10.1. The Morgan fingerprint density at radius 2 is 1.24 bits per heavy atom. The molecule has 0 bridgehead atoms. The number of carbonyl (C=O) groups is 2. The standard InChI is InChI=1S/C32H55N5O4/c1-4-5-6-7-8-9-10-11-14-17-20-23-28(39)33-25-27(38)22-19-16-13-12-15-18-21-24-37-31(40)29-30(34-26-35(29)2)36(3)32(37)41/h26H,4-25H2,1-3H3,(H,33,39). The number of Topliss-reactive ketones (excluding diaryl/α,β-unsaturated/α-hetero) is 1. The maximum atomic E-state index is 12.7. The van der Waals surface area contributed by atoms with Crippen molar-refractivity contribution in [3.8, 4) is 0 Å². The molecule has 0 saturated heterocycles. The first-order valence-electron chi connectivity index (χ1n) is 16.3. The molecule has 0 aromatic carbocycles. The van der Waals surface area contributed by atoms with Crippen molar-refractivity contribution in [1.82, 2.24) is 24.0 Å². The highest BCUT2D eigenvalue weighted by atomic mass is 16.2. The maximum absolute atomic E-state index is 12.7. The van der Waals surface area contributed by atoms with Gasteiger partial charge in [-0.25, -0.2) is 9.78 Å². The third-order valence-corrected chi connectivity index (χ3v) is 8.03. The largest absolute Gasteiger partial charge is 0.349 e. The summed E-state index contributed by atoms with van der Waals surface area (Å²) in [6, 6.07) is 0. The van der Waals surface area contributed by atoms with Crippen molar-refractivity contribution in [2.24, 2.45) is 14.1 Å². The molecular formula is C32H55N5O4. The molecular weight excluding hydrogens is 518 g/mol. The third kappa shape index (κ3) is 12.8. The number of fused-ring (bicyclic) bond motifs is 1. The molecule has 0 saturated carbocycles. The molecule has 0 spiro atoms. The Morgan fingerprint density at radius 3 is 1.83 bits per heavy atom. The minimum absolute atomic E-state index is 0.00497. The van der Waals surface area contributed by atoms with E-state index in [1.54, 1.807) is 25.0 Å². The summed E-state index contributed by atoms with van der Waals surface area (Å²) in [5.74, 6) is 0.101. The topological polar surface area (TPSA) is 108 Å². The molecule has 0 aliphatic heterocycles. The van der Waals surface area contributed by atoms with E-state index in [4.69, 9.17) is 0 Å². The van der Waals surface area contributed by atoms with Gasteiger partial charge < -0.3 is 9.88 Å². The smallest absolute Gasteiger partial charge is 0.332 e. The van der Waals surface area contributed by atoms with Gasteiger partial charge in [-0.15, -0.1) is 0 Å². The van der Waals surface area contributed by atoms with E-state index in [0.29, 0.717) is 30.6 Å². The summed E-state index contributed by atoms with van der Waals surface area (Å²) in [7, 11) is 3.40. The first kappa shape index (κ1) is 34.5. The molecule has 9 nitrogen and oxygen atoms in total. The van der Waals surface area contributed by atoms with E-state index in [1.807, 2.05) is 0 Å². The van der Waals surface area contributed by atoms with Crippen molar-refractivity contribution in [3.63, 3.8) is 0 Å². The number of hydrogen-bond donors (Lipinski definition) is 1. The van der Waals surface area contributed by atoms with E-state index in [1.165, 1.54) is 66.9 Å². The first-order valence-corrected chi connectivity index (χ1v) is 16.3. The zero-order chi connectivity index (χ0) is 29.9. The molecule has 1 amide bonds. The van der Waals surface area contributed by atoms with Crippen LogP contribution in [0.2, 0.25) is 0 Å². The van der Waals surface area contributed by atoms with Gasteiger partial charge >= 0.3 is 5.69 Å². The average molecular weight is 574 g/mol. The number of unbranched alkanes of at least 4 members (excludes halogenated alkanes) is 16. The van der Waals surface area contributed by atoms with E-state index < -0.39 is 0 Å². The molecule has 0 aliphatic carbocycles. The van der Waals surface area contributed by atoms with Crippen LogP contribution in [0.5, 0.6) is 0 Å². The van der Waals surface area contributed by atoms with Gasteiger partial charge in [-0.1, -0.05) is 103 Å². The summed E-state index contributed by atoms with van der Waals surface area (Å²) < 4.78 is 4.40. The molecule has 2 aromatic heterocycles. The predicted octanol–water partition coefficient (Wildman–Crippen LogP) is 5.94. The Kier molecular flexibility index (Phi) is 17.0. The van der Waals surface area contributed by atoms with E-state index in [-0.39, 0.29) is 29.5 Å². The Bertz CT molecular complexity index is 1160. The van der Waals surface area contributed by atoms with Gasteiger partial charge in [-0.3, -0.25) is 23.5 Å². The molecule has 2 rings (SSSR count). The van der Waals surface area contributed by atoms with Crippen LogP contribution < -0.4 is 16.6 Å². The lowest BCUT2D eigenvalue weighted by Crippen LogP contribution is -2.39. The summed E-state index contributed by atoms with van der Waals surface area (Å²) in [5.41, 5.74) is 0.263. The molecule has 0 unspecified atom stereocenters. The van der Waals surface area contributed by atoms with Crippen LogP contribution in [0.4, 0.5) is 0 Å². The van der Waals surface area contributed by atoms with Crippen molar-refractivity contribution in [2.45, 2.75) is 142 Å². The molecule has 0 atom stereocenters.